The van der Waals surface area contributed by atoms with Gasteiger partial charge in [-0.25, -0.2) is 0 Å². The number of aliphatic hydroxyl groups is 1. The van der Waals surface area contributed by atoms with E-state index in [1.54, 1.807) is 0 Å². The number of unbranched alkanes of at least 4 members (excludes halogenated alkanes) is 20. The highest BCUT2D eigenvalue weighted by atomic mass is 16.6. The fraction of sp³-hybridized carbons (Fsp3) is 0.814. The third kappa shape index (κ3) is 30.6. The summed E-state index contributed by atoms with van der Waals surface area (Å²) in [5, 5.41) is 9.57. The van der Waals surface area contributed by atoms with Crippen LogP contribution in [-0.2, 0) is 23.8 Å². The lowest BCUT2D eigenvalue weighted by atomic mass is 10.0. The number of carbonyl (C=O) groups excluding carboxylic acids is 2. The molecule has 1 saturated heterocycles. The summed E-state index contributed by atoms with van der Waals surface area (Å²) in [6.45, 7) is 4.06. The summed E-state index contributed by atoms with van der Waals surface area (Å²) in [6, 6.07) is 0. The zero-order valence-corrected chi connectivity index (χ0v) is 31.9. The highest BCUT2D eigenvalue weighted by Gasteiger charge is 2.35. The zero-order valence-electron chi connectivity index (χ0n) is 31.9. The Kier molecular flexibility index (Phi) is 31.8. The molecule has 1 heterocycles. The van der Waals surface area contributed by atoms with E-state index in [9.17, 15) is 14.7 Å². The normalized spacial score (nSPS) is 16.6. The number of rotatable bonds is 36. The largest absolute Gasteiger partial charge is 0.462 e. The predicted octanol–water partition coefficient (Wildman–Crippen LogP) is 11.8. The fourth-order valence-electron chi connectivity index (χ4n) is 6.06. The third-order valence-corrected chi connectivity index (χ3v) is 9.34. The van der Waals surface area contributed by atoms with Crippen molar-refractivity contribution in [1.29, 1.82) is 0 Å². The van der Waals surface area contributed by atoms with Gasteiger partial charge in [-0.1, -0.05) is 166 Å². The summed E-state index contributed by atoms with van der Waals surface area (Å²) in [5.41, 5.74) is 0. The zero-order chi connectivity index (χ0) is 35.5. The van der Waals surface area contributed by atoms with Gasteiger partial charge >= 0.3 is 11.9 Å². The molecule has 0 aromatic heterocycles. The lowest BCUT2D eigenvalue weighted by molar-refractivity contribution is -0.161. The first-order valence-electron chi connectivity index (χ1n) is 20.7. The van der Waals surface area contributed by atoms with Gasteiger partial charge in [0.25, 0.3) is 0 Å². The number of hydrogen-bond donors (Lipinski definition) is 1. The van der Waals surface area contributed by atoms with E-state index in [0.29, 0.717) is 31.5 Å². The molecule has 1 aliphatic rings. The highest BCUT2D eigenvalue weighted by Crippen LogP contribution is 2.29. The maximum Gasteiger partial charge on any atom is 0.306 e. The van der Waals surface area contributed by atoms with Crippen molar-refractivity contribution in [2.24, 2.45) is 0 Å². The van der Waals surface area contributed by atoms with Crippen LogP contribution in [0.25, 0.3) is 0 Å². The number of esters is 2. The van der Waals surface area contributed by atoms with E-state index >= 15 is 0 Å². The molecule has 0 bridgehead atoms. The number of carbonyl (C=O) groups is 2. The minimum atomic E-state index is -0.796. The topological polar surface area (TPSA) is 85.4 Å². The minimum absolute atomic E-state index is 0.0972. The molecule has 0 amide bonds. The van der Waals surface area contributed by atoms with Crippen LogP contribution >= 0.6 is 0 Å². The Morgan fingerprint density at radius 2 is 1.02 bits per heavy atom. The van der Waals surface area contributed by atoms with Crippen molar-refractivity contribution in [2.75, 3.05) is 13.2 Å². The minimum Gasteiger partial charge on any atom is -0.462 e. The molecule has 1 fully saturated rings. The smallest absolute Gasteiger partial charge is 0.306 e. The van der Waals surface area contributed by atoms with E-state index in [4.69, 9.17) is 14.2 Å². The molecule has 0 saturated carbocycles. The molecular formula is C43H76O6. The maximum atomic E-state index is 12.2. The first kappa shape index (κ1) is 45.1. The van der Waals surface area contributed by atoms with E-state index in [1.165, 1.54) is 116 Å². The van der Waals surface area contributed by atoms with Gasteiger partial charge in [0.1, 0.15) is 6.61 Å². The van der Waals surface area contributed by atoms with Crippen molar-refractivity contribution in [1.82, 2.24) is 0 Å². The molecule has 284 valence electrons. The van der Waals surface area contributed by atoms with Crippen LogP contribution in [0.5, 0.6) is 0 Å². The summed E-state index contributed by atoms with van der Waals surface area (Å²) in [5.74, 6) is -0.659. The second-order valence-electron chi connectivity index (χ2n) is 14.1. The Hall–Kier alpha value is -1.92. The van der Waals surface area contributed by atoms with Crippen LogP contribution in [0.2, 0.25) is 0 Å². The molecule has 2 unspecified atom stereocenters. The molecule has 0 aromatic rings. The SMILES string of the molecule is CCCCC/C=C\C/C=C\CC1OC1C/C=C\CCCC(=O)OC[C@H](CO)OC(=O)CCCCCCCCCCCCCCCCCCC. The second kappa shape index (κ2) is 34.5. The first-order valence-corrected chi connectivity index (χ1v) is 20.7. The number of aliphatic hydroxyl groups excluding tert-OH is 1. The van der Waals surface area contributed by atoms with Gasteiger partial charge in [0.2, 0.25) is 0 Å². The van der Waals surface area contributed by atoms with Gasteiger partial charge in [-0.2, -0.15) is 0 Å². The quantitative estimate of drug-likeness (QED) is 0.0305. The van der Waals surface area contributed by atoms with Crippen LogP contribution in [-0.4, -0.2) is 48.6 Å². The number of allylic oxidation sites excluding steroid dienone is 4. The summed E-state index contributed by atoms with van der Waals surface area (Å²) in [4.78, 5) is 24.3. The average molecular weight is 689 g/mol. The first-order chi connectivity index (χ1) is 24.1. The van der Waals surface area contributed by atoms with Gasteiger partial charge in [0, 0.05) is 12.8 Å². The average Bonchev–Trinajstić information content (AvgIpc) is 3.86. The van der Waals surface area contributed by atoms with Crippen molar-refractivity contribution in [3.63, 3.8) is 0 Å². The van der Waals surface area contributed by atoms with Crippen LogP contribution in [0.3, 0.4) is 0 Å². The summed E-state index contributed by atoms with van der Waals surface area (Å²) < 4.78 is 16.3. The van der Waals surface area contributed by atoms with Crippen LogP contribution in [0, 0.1) is 0 Å². The summed E-state index contributed by atoms with van der Waals surface area (Å²) in [6.07, 6.45) is 45.2. The number of ether oxygens (including phenoxy) is 3. The van der Waals surface area contributed by atoms with Crippen molar-refractivity contribution >= 4 is 11.9 Å². The van der Waals surface area contributed by atoms with Crippen LogP contribution < -0.4 is 0 Å². The van der Waals surface area contributed by atoms with Crippen LogP contribution in [0.1, 0.15) is 194 Å². The lowest BCUT2D eigenvalue weighted by Gasteiger charge is -2.15. The molecule has 1 aliphatic heterocycles. The molecular weight excluding hydrogens is 612 g/mol. The van der Waals surface area contributed by atoms with Gasteiger partial charge in [0.15, 0.2) is 6.10 Å². The molecule has 49 heavy (non-hydrogen) atoms. The number of hydrogen-bond acceptors (Lipinski definition) is 6. The molecule has 0 spiro atoms. The van der Waals surface area contributed by atoms with Crippen molar-refractivity contribution in [3.8, 4) is 0 Å². The fourth-order valence-corrected chi connectivity index (χ4v) is 6.06. The molecule has 0 aromatic carbocycles. The molecule has 1 N–H and O–H groups in total. The second-order valence-corrected chi connectivity index (χ2v) is 14.1. The molecule has 0 radical (unpaired) electrons. The molecule has 3 atom stereocenters. The molecule has 6 heteroatoms. The molecule has 6 nitrogen and oxygen atoms in total. The molecule has 0 aliphatic carbocycles. The van der Waals surface area contributed by atoms with Gasteiger partial charge in [-0.3, -0.25) is 9.59 Å². The Balaban J connectivity index is 1.91. The highest BCUT2D eigenvalue weighted by molar-refractivity contribution is 5.70. The Morgan fingerprint density at radius 1 is 0.571 bits per heavy atom. The van der Waals surface area contributed by atoms with Crippen molar-refractivity contribution in [2.45, 2.75) is 212 Å². The maximum absolute atomic E-state index is 12.2. The Bertz CT molecular complexity index is 849. The van der Waals surface area contributed by atoms with E-state index in [2.05, 4.69) is 50.3 Å². The monoisotopic (exact) mass is 689 g/mol. The van der Waals surface area contributed by atoms with Crippen molar-refractivity contribution in [3.05, 3.63) is 36.5 Å². The summed E-state index contributed by atoms with van der Waals surface area (Å²) >= 11 is 0. The van der Waals surface area contributed by atoms with E-state index < -0.39 is 6.10 Å². The van der Waals surface area contributed by atoms with E-state index in [0.717, 1.165) is 44.9 Å². The number of epoxide rings is 1. The Morgan fingerprint density at radius 3 is 1.59 bits per heavy atom. The summed E-state index contributed by atoms with van der Waals surface area (Å²) in [7, 11) is 0. The van der Waals surface area contributed by atoms with Gasteiger partial charge in [-0.15, -0.1) is 0 Å². The van der Waals surface area contributed by atoms with Gasteiger partial charge < -0.3 is 19.3 Å². The Labute approximate surface area is 301 Å². The van der Waals surface area contributed by atoms with Gasteiger partial charge in [-0.05, 0) is 51.4 Å². The van der Waals surface area contributed by atoms with Crippen LogP contribution in [0.15, 0.2) is 36.5 Å². The van der Waals surface area contributed by atoms with E-state index in [1.807, 2.05) is 0 Å². The molecule has 1 rings (SSSR count). The third-order valence-electron chi connectivity index (χ3n) is 9.34. The van der Waals surface area contributed by atoms with E-state index in [-0.39, 0.29) is 25.2 Å². The van der Waals surface area contributed by atoms with Crippen molar-refractivity contribution < 1.29 is 28.9 Å². The predicted molar refractivity (Wildman–Crippen MR) is 205 cm³/mol. The lowest BCUT2D eigenvalue weighted by Crippen LogP contribution is -2.28. The van der Waals surface area contributed by atoms with Crippen LogP contribution in [0.4, 0.5) is 0 Å². The standard InChI is InChI=1S/C43H76O6/c1-3-5-7-9-11-13-14-15-16-17-18-19-20-22-24-26-32-36-43(46)48-39(37-44)38-47-42(45)35-31-28-27-30-34-41-40(49-41)33-29-25-23-21-12-10-8-6-4-2/h12,21,25,27,29-30,39-41,44H,3-11,13-20,22-24,26,28,31-38H2,1-2H3/b21-12-,29-25-,30-27-/t39-,40?,41?/m0/s1. The van der Waals surface area contributed by atoms with Gasteiger partial charge in [0.05, 0.1) is 18.8 Å².